The second-order valence-electron chi connectivity index (χ2n) is 4.03. The first-order valence-corrected chi connectivity index (χ1v) is 5.02. The number of benzene rings is 1. The van der Waals surface area contributed by atoms with E-state index in [2.05, 4.69) is 22.5 Å². The summed E-state index contributed by atoms with van der Waals surface area (Å²) < 4.78 is 2.33. The highest BCUT2D eigenvalue weighted by Gasteiger charge is 2.21. The zero-order chi connectivity index (χ0) is 9.71. The molecule has 1 aromatic carbocycles. The Bertz CT molecular complexity index is 498. The van der Waals surface area contributed by atoms with Crippen LogP contribution in [0.1, 0.15) is 25.2 Å². The highest BCUT2D eigenvalue weighted by molar-refractivity contribution is 5.80. The summed E-state index contributed by atoms with van der Waals surface area (Å²) in [6.07, 6.45) is 2.30. The summed E-state index contributed by atoms with van der Waals surface area (Å²) in [5.74, 6) is 1.21. The summed E-state index contributed by atoms with van der Waals surface area (Å²) in [4.78, 5) is 4.59. The zero-order valence-electron chi connectivity index (χ0n) is 8.20. The fraction of sp³-hybridized carbons (Fsp3) is 0.364. The number of nitrogens with zero attached hydrogens (tertiary/aromatic N) is 2. The maximum absolute atomic E-state index is 5.73. The van der Waals surface area contributed by atoms with Crippen LogP contribution in [0.15, 0.2) is 18.2 Å². The van der Waals surface area contributed by atoms with E-state index < -0.39 is 0 Å². The Morgan fingerprint density at radius 1 is 1.50 bits per heavy atom. The van der Waals surface area contributed by atoms with Gasteiger partial charge in [0, 0.05) is 18.2 Å². The molecule has 1 aliphatic heterocycles. The third-order valence-corrected chi connectivity index (χ3v) is 3.01. The summed E-state index contributed by atoms with van der Waals surface area (Å²) in [6.45, 7) is 2.24. The molecule has 2 N–H and O–H groups in total. The maximum atomic E-state index is 5.73. The van der Waals surface area contributed by atoms with Gasteiger partial charge in [-0.15, -0.1) is 0 Å². The Morgan fingerprint density at radius 3 is 3.21 bits per heavy atom. The summed E-state index contributed by atoms with van der Waals surface area (Å²) in [6, 6.07) is 6.55. The Balaban J connectivity index is 2.36. The molecule has 0 radical (unpaired) electrons. The van der Waals surface area contributed by atoms with Crippen LogP contribution in [0.2, 0.25) is 0 Å². The first-order chi connectivity index (χ1) is 6.75. The van der Waals surface area contributed by atoms with E-state index in [0.29, 0.717) is 6.04 Å². The molecule has 3 rings (SSSR count). The molecule has 2 heterocycles. The van der Waals surface area contributed by atoms with Gasteiger partial charge in [0.05, 0.1) is 11.0 Å². The summed E-state index contributed by atoms with van der Waals surface area (Å²) in [7, 11) is 0. The number of fused-ring (bicyclic) bond motifs is 3. The molecular weight excluding hydrogens is 174 g/mol. The lowest BCUT2D eigenvalue weighted by Crippen LogP contribution is -1.98. The first kappa shape index (κ1) is 7.85. The number of hydrogen-bond acceptors (Lipinski definition) is 2. The highest BCUT2D eigenvalue weighted by atomic mass is 15.1. The van der Waals surface area contributed by atoms with E-state index in [1.54, 1.807) is 0 Å². The van der Waals surface area contributed by atoms with Gasteiger partial charge in [0.25, 0.3) is 0 Å². The minimum Gasteiger partial charge on any atom is -0.399 e. The molecule has 0 spiro atoms. The van der Waals surface area contributed by atoms with E-state index in [4.69, 9.17) is 5.73 Å². The van der Waals surface area contributed by atoms with Crippen LogP contribution < -0.4 is 5.73 Å². The van der Waals surface area contributed by atoms with Crippen molar-refractivity contribution >= 4 is 16.7 Å². The molecule has 3 heteroatoms. The van der Waals surface area contributed by atoms with Crippen LogP contribution in [0.5, 0.6) is 0 Å². The molecule has 0 saturated heterocycles. The van der Waals surface area contributed by atoms with Gasteiger partial charge in [-0.25, -0.2) is 4.98 Å². The first-order valence-electron chi connectivity index (χ1n) is 5.02. The van der Waals surface area contributed by atoms with Gasteiger partial charge >= 0.3 is 0 Å². The monoisotopic (exact) mass is 187 g/mol. The Labute approximate surface area is 82.5 Å². The fourth-order valence-corrected chi connectivity index (χ4v) is 2.30. The Kier molecular flexibility index (Phi) is 1.40. The van der Waals surface area contributed by atoms with E-state index >= 15 is 0 Å². The van der Waals surface area contributed by atoms with Gasteiger partial charge in [-0.2, -0.15) is 0 Å². The number of aromatic nitrogens is 2. The quantitative estimate of drug-likeness (QED) is 0.642. The normalized spacial score (nSPS) is 20.2. The molecule has 2 aromatic rings. The number of rotatable bonds is 0. The Morgan fingerprint density at radius 2 is 2.36 bits per heavy atom. The molecule has 1 aromatic heterocycles. The molecule has 72 valence electrons. The maximum Gasteiger partial charge on any atom is 0.110 e. The number of imidazole rings is 1. The van der Waals surface area contributed by atoms with Crippen LogP contribution in [0.4, 0.5) is 5.69 Å². The van der Waals surface area contributed by atoms with Crippen molar-refractivity contribution in [1.29, 1.82) is 0 Å². The Hall–Kier alpha value is -1.51. The van der Waals surface area contributed by atoms with E-state index in [1.807, 2.05) is 12.1 Å². The van der Waals surface area contributed by atoms with Gasteiger partial charge in [0.1, 0.15) is 5.82 Å². The molecule has 1 unspecified atom stereocenters. The van der Waals surface area contributed by atoms with Gasteiger partial charge in [0.2, 0.25) is 0 Å². The molecule has 3 nitrogen and oxygen atoms in total. The number of anilines is 1. The zero-order valence-corrected chi connectivity index (χ0v) is 8.20. The number of nitrogen functional groups attached to an aromatic ring is 1. The second-order valence-corrected chi connectivity index (χ2v) is 4.03. The lowest BCUT2D eigenvalue weighted by Gasteiger charge is -2.06. The smallest absolute Gasteiger partial charge is 0.110 e. The van der Waals surface area contributed by atoms with Crippen molar-refractivity contribution in [3.8, 4) is 0 Å². The average Bonchev–Trinajstić information content (AvgIpc) is 2.66. The van der Waals surface area contributed by atoms with Crippen molar-refractivity contribution in [3.63, 3.8) is 0 Å². The summed E-state index contributed by atoms with van der Waals surface area (Å²) in [5.41, 5.74) is 8.78. The van der Waals surface area contributed by atoms with Crippen molar-refractivity contribution in [2.45, 2.75) is 25.8 Å². The van der Waals surface area contributed by atoms with Crippen LogP contribution in [-0.4, -0.2) is 9.55 Å². The van der Waals surface area contributed by atoms with Crippen LogP contribution in [0, 0.1) is 0 Å². The molecule has 0 saturated carbocycles. The molecule has 14 heavy (non-hydrogen) atoms. The minimum absolute atomic E-state index is 0.582. The minimum atomic E-state index is 0.582. The summed E-state index contributed by atoms with van der Waals surface area (Å²) in [5, 5.41) is 0. The lowest BCUT2D eigenvalue weighted by molar-refractivity contribution is 0.596. The predicted molar refractivity (Wildman–Crippen MR) is 57.2 cm³/mol. The van der Waals surface area contributed by atoms with Crippen molar-refractivity contribution in [2.75, 3.05) is 5.73 Å². The van der Waals surface area contributed by atoms with E-state index in [1.165, 1.54) is 17.8 Å². The predicted octanol–water partition coefficient (Wildman–Crippen LogP) is 2.13. The van der Waals surface area contributed by atoms with Crippen LogP contribution in [0.25, 0.3) is 11.0 Å². The van der Waals surface area contributed by atoms with Gasteiger partial charge < -0.3 is 10.3 Å². The van der Waals surface area contributed by atoms with Gasteiger partial charge in [0.15, 0.2) is 0 Å². The van der Waals surface area contributed by atoms with Crippen LogP contribution in [-0.2, 0) is 6.42 Å². The van der Waals surface area contributed by atoms with Gasteiger partial charge in [-0.3, -0.25) is 0 Å². The molecule has 0 fully saturated rings. The second kappa shape index (κ2) is 2.50. The fourth-order valence-electron chi connectivity index (χ4n) is 2.30. The third kappa shape index (κ3) is 0.895. The SMILES string of the molecule is CC1CCc2nc3cc(N)ccc3n21. The van der Waals surface area contributed by atoms with Crippen LogP contribution in [0.3, 0.4) is 0 Å². The third-order valence-electron chi connectivity index (χ3n) is 3.01. The number of hydrogen-bond donors (Lipinski definition) is 1. The standard InChI is InChI=1S/C11H13N3/c1-7-2-5-11-13-9-6-8(12)3-4-10(9)14(7)11/h3-4,6-7H,2,5,12H2,1H3. The number of nitrogens with two attached hydrogens (primary N) is 1. The van der Waals surface area contributed by atoms with Gasteiger partial charge in [-0.05, 0) is 31.5 Å². The number of aryl methyl sites for hydroxylation is 1. The molecule has 1 aliphatic rings. The molecule has 1 atom stereocenters. The molecular formula is C11H13N3. The molecule has 0 amide bonds. The van der Waals surface area contributed by atoms with E-state index in [9.17, 15) is 0 Å². The topological polar surface area (TPSA) is 43.8 Å². The lowest BCUT2D eigenvalue weighted by atomic mass is 10.2. The molecule has 0 bridgehead atoms. The average molecular weight is 187 g/mol. The van der Waals surface area contributed by atoms with E-state index in [0.717, 1.165) is 17.6 Å². The van der Waals surface area contributed by atoms with Crippen molar-refractivity contribution in [2.24, 2.45) is 0 Å². The van der Waals surface area contributed by atoms with Gasteiger partial charge in [-0.1, -0.05) is 0 Å². The molecule has 0 aliphatic carbocycles. The van der Waals surface area contributed by atoms with Crippen LogP contribution >= 0.6 is 0 Å². The van der Waals surface area contributed by atoms with Crippen molar-refractivity contribution in [1.82, 2.24) is 9.55 Å². The highest BCUT2D eigenvalue weighted by Crippen LogP contribution is 2.30. The van der Waals surface area contributed by atoms with Crippen molar-refractivity contribution in [3.05, 3.63) is 24.0 Å². The van der Waals surface area contributed by atoms with E-state index in [-0.39, 0.29) is 0 Å². The van der Waals surface area contributed by atoms with Crippen molar-refractivity contribution < 1.29 is 0 Å². The summed E-state index contributed by atoms with van der Waals surface area (Å²) >= 11 is 0. The largest absolute Gasteiger partial charge is 0.399 e.